The molecule has 1 aliphatic heterocycles. The fourth-order valence-electron chi connectivity index (χ4n) is 0.712. The van der Waals surface area contributed by atoms with Crippen LogP contribution in [0.4, 0.5) is 4.79 Å². The highest BCUT2D eigenvalue weighted by Gasteiger charge is 2.23. The maximum absolute atomic E-state index is 11.3. The average Bonchev–Trinajstić information content (AvgIpc) is 2.41. The molecule has 15 heavy (non-hydrogen) atoms. The van der Waals surface area contributed by atoms with Crippen molar-refractivity contribution in [2.24, 2.45) is 5.10 Å². The molecule has 7 heteroatoms. The van der Waals surface area contributed by atoms with Crippen LogP contribution in [0.2, 0.25) is 0 Å². The van der Waals surface area contributed by atoms with Crippen molar-refractivity contribution in [1.29, 1.82) is 0 Å². The van der Waals surface area contributed by atoms with Crippen LogP contribution >= 0.6 is 34.8 Å². The summed E-state index contributed by atoms with van der Waals surface area (Å²) in [7, 11) is 0. The van der Waals surface area contributed by atoms with E-state index < -0.39 is 9.89 Å². The molecule has 0 spiro atoms. The third kappa shape index (κ3) is 5.06. The van der Waals surface area contributed by atoms with Crippen LogP contribution in [0.15, 0.2) is 29.5 Å². The third-order valence-corrected chi connectivity index (χ3v) is 1.60. The van der Waals surface area contributed by atoms with E-state index in [1.165, 1.54) is 12.4 Å². The zero-order valence-electron chi connectivity index (χ0n) is 7.44. The van der Waals surface area contributed by atoms with Crippen molar-refractivity contribution in [1.82, 2.24) is 5.01 Å². The Labute approximate surface area is 102 Å². The summed E-state index contributed by atoms with van der Waals surface area (Å²) in [4.78, 5) is 11.3. The van der Waals surface area contributed by atoms with Gasteiger partial charge in [-0.25, -0.2) is 4.79 Å². The molecule has 0 fully saturated rings. The summed E-state index contributed by atoms with van der Waals surface area (Å²) in [5.74, 6) is 0. The Morgan fingerprint density at radius 1 is 1.33 bits per heavy atom. The second kappa shape index (κ2) is 5.39. The van der Waals surface area contributed by atoms with Gasteiger partial charge in [0.2, 0.25) is 3.79 Å². The summed E-state index contributed by atoms with van der Waals surface area (Å²) >= 11 is 16.2. The first-order chi connectivity index (χ1) is 6.99. The smallest absolute Gasteiger partial charge is 0.434 e. The standard InChI is InChI=1S/C8H7Cl3N2O2/c9-8(10,11)6-15-7(14)13-5-3-1-2-4-12-13/h1-5H,6H2. The van der Waals surface area contributed by atoms with Crippen LogP contribution in [0.25, 0.3) is 0 Å². The number of halogens is 3. The predicted molar refractivity (Wildman–Crippen MR) is 60.2 cm³/mol. The van der Waals surface area contributed by atoms with Crippen LogP contribution in [-0.4, -0.2) is 27.7 Å². The van der Waals surface area contributed by atoms with Crippen LogP contribution in [0.1, 0.15) is 0 Å². The summed E-state index contributed by atoms with van der Waals surface area (Å²) in [5, 5.41) is 4.75. The maximum Gasteiger partial charge on any atom is 0.434 e. The van der Waals surface area contributed by atoms with E-state index >= 15 is 0 Å². The van der Waals surface area contributed by atoms with E-state index in [-0.39, 0.29) is 6.61 Å². The first kappa shape index (κ1) is 12.4. The maximum atomic E-state index is 11.3. The Balaban J connectivity index is 2.47. The number of hydrogen-bond donors (Lipinski definition) is 0. The van der Waals surface area contributed by atoms with Gasteiger partial charge in [0, 0.05) is 12.4 Å². The molecule has 1 heterocycles. The lowest BCUT2D eigenvalue weighted by atomic mass is 10.5. The van der Waals surface area contributed by atoms with Crippen molar-refractivity contribution in [3.63, 3.8) is 0 Å². The molecular weight excluding hydrogens is 262 g/mol. The number of rotatable bonds is 1. The molecule has 4 nitrogen and oxygen atoms in total. The molecule has 82 valence electrons. The quantitative estimate of drug-likeness (QED) is 0.687. The molecule has 1 aliphatic rings. The molecule has 0 N–H and O–H groups in total. The molecule has 0 saturated carbocycles. The topological polar surface area (TPSA) is 41.9 Å². The normalized spacial score (nSPS) is 15.3. The molecule has 0 unspecified atom stereocenters. The van der Waals surface area contributed by atoms with Crippen LogP contribution in [0.3, 0.4) is 0 Å². The Bertz CT molecular complexity index is 304. The van der Waals surface area contributed by atoms with Crippen LogP contribution in [-0.2, 0) is 4.74 Å². The van der Waals surface area contributed by atoms with Crippen molar-refractivity contribution in [3.05, 3.63) is 24.4 Å². The van der Waals surface area contributed by atoms with E-state index in [1.807, 2.05) is 0 Å². The van der Waals surface area contributed by atoms with Crippen LogP contribution < -0.4 is 0 Å². The van der Waals surface area contributed by atoms with Crippen molar-refractivity contribution >= 4 is 47.1 Å². The molecule has 0 bridgehead atoms. The number of carbonyl (C=O) groups is 1. The van der Waals surface area contributed by atoms with Gasteiger partial charge in [0.1, 0.15) is 6.61 Å². The number of ether oxygens (including phenoxy) is 1. The number of alkyl halides is 3. The Morgan fingerprint density at radius 3 is 2.73 bits per heavy atom. The van der Waals surface area contributed by atoms with Gasteiger partial charge in [-0.1, -0.05) is 40.9 Å². The number of nitrogens with zero attached hydrogens (tertiary/aromatic N) is 2. The monoisotopic (exact) mass is 268 g/mol. The third-order valence-electron chi connectivity index (χ3n) is 1.27. The van der Waals surface area contributed by atoms with Crippen molar-refractivity contribution in [2.75, 3.05) is 6.61 Å². The van der Waals surface area contributed by atoms with E-state index in [1.54, 1.807) is 18.2 Å². The van der Waals surface area contributed by atoms with Crippen LogP contribution in [0.5, 0.6) is 0 Å². The van der Waals surface area contributed by atoms with E-state index in [0.29, 0.717) is 0 Å². The molecule has 0 aromatic rings. The summed E-state index contributed by atoms with van der Waals surface area (Å²) in [6.45, 7) is -0.330. The van der Waals surface area contributed by atoms with E-state index in [0.717, 1.165) is 5.01 Å². The minimum Gasteiger partial charge on any atom is -0.443 e. The molecule has 1 rings (SSSR count). The summed E-state index contributed by atoms with van der Waals surface area (Å²) in [6.07, 6.45) is 7.17. The number of allylic oxidation sites excluding steroid dienone is 3. The zero-order valence-corrected chi connectivity index (χ0v) is 9.71. The van der Waals surface area contributed by atoms with Crippen molar-refractivity contribution < 1.29 is 9.53 Å². The predicted octanol–water partition coefficient (Wildman–Crippen LogP) is 2.86. The van der Waals surface area contributed by atoms with Gasteiger partial charge in [0.15, 0.2) is 0 Å². The Morgan fingerprint density at radius 2 is 2.07 bits per heavy atom. The molecule has 0 aromatic heterocycles. The van der Waals surface area contributed by atoms with E-state index in [9.17, 15) is 4.79 Å². The van der Waals surface area contributed by atoms with Crippen LogP contribution in [0, 0.1) is 0 Å². The van der Waals surface area contributed by atoms with Crippen molar-refractivity contribution in [2.45, 2.75) is 3.79 Å². The fraction of sp³-hybridized carbons (Fsp3) is 0.250. The largest absolute Gasteiger partial charge is 0.443 e. The molecule has 0 saturated heterocycles. The van der Waals surface area contributed by atoms with Gasteiger partial charge in [-0.3, -0.25) is 0 Å². The number of carbonyl (C=O) groups excluding carboxylic acids is 1. The highest BCUT2D eigenvalue weighted by atomic mass is 35.6. The molecule has 0 atom stereocenters. The zero-order chi connectivity index (χ0) is 11.3. The van der Waals surface area contributed by atoms with Gasteiger partial charge >= 0.3 is 6.09 Å². The van der Waals surface area contributed by atoms with E-state index in [4.69, 9.17) is 39.5 Å². The molecule has 0 aromatic carbocycles. The lowest BCUT2D eigenvalue weighted by molar-refractivity contribution is 0.120. The fourth-order valence-corrected chi connectivity index (χ4v) is 0.875. The van der Waals surface area contributed by atoms with Gasteiger partial charge in [0.05, 0.1) is 0 Å². The van der Waals surface area contributed by atoms with Gasteiger partial charge in [-0.05, 0) is 12.2 Å². The lowest BCUT2D eigenvalue weighted by Crippen LogP contribution is -2.25. The molecule has 1 amide bonds. The first-order valence-electron chi connectivity index (χ1n) is 3.89. The van der Waals surface area contributed by atoms with E-state index in [2.05, 4.69) is 5.10 Å². The summed E-state index contributed by atoms with van der Waals surface area (Å²) < 4.78 is 3.08. The Hall–Kier alpha value is -0.710. The van der Waals surface area contributed by atoms with Crippen molar-refractivity contribution in [3.8, 4) is 0 Å². The summed E-state index contributed by atoms with van der Waals surface area (Å²) in [5.41, 5.74) is 0. The average molecular weight is 270 g/mol. The second-order valence-corrected chi connectivity index (χ2v) is 5.02. The van der Waals surface area contributed by atoms with Gasteiger partial charge in [-0.15, -0.1) is 0 Å². The van der Waals surface area contributed by atoms with Gasteiger partial charge in [0.25, 0.3) is 0 Å². The molecule has 0 aliphatic carbocycles. The second-order valence-electron chi connectivity index (χ2n) is 2.51. The SMILES string of the molecule is O=C(OCC(Cl)(Cl)Cl)N1C=CC=CC=N1. The number of amides is 1. The first-order valence-corrected chi connectivity index (χ1v) is 5.02. The molecular formula is C8H7Cl3N2O2. The van der Waals surface area contributed by atoms with Gasteiger partial charge < -0.3 is 4.74 Å². The highest BCUT2D eigenvalue weighted by Crippen LogP contribution is 2.26. The number of hydrogen-bond acceptors (Lipinski definition) is 3. The molecule has 0 radical (unpaired) electrons. The summed E-state index contributed by atoms with van der Waals surface area (Å²) in [6, 6.07) is 0. The number of hydrazone groups is 1. The van der Waals surface area contributed by atoms with Gasteiger partial charge in [-0.2, -0.15) is 10.1 Å². The Kier molecular flexibility index (Phi) is 4.45. The highest BCUT2D eigenvalue weighted by molar-refractivity contribution is 6.67. The minimum atomic E-state index is -1.62. The lowest BCUT2D eigenvalue weighted by Gasteiger charge is -2.14. The minimum absolute atomic E-state index is 0.330.